The molecule has 0 atom stereocenters. The van der Waals surface area contributed by atoms with E-state index >= 15 is 0 Å². The molecule has 8 nitrogen and oxygen atoms in total. The van der Waals surface area contributed by atoms with Gasteiger partial charge in [0, 0.05) is 12.3 Å². The lowest BCUT2D eigenvalue weighted by atomic mass is 10.1. The topological polar surface area (TPSA) is 102 Å². The van der Waals surface area contributed by atoms with E-state index in [1.54, 1.807) is 54.8 Å². The number of para-hydroxylation sites is 1. The minimum atomic E-state index is -0.481. The molecule has 0 fully saturated rings. The van der Waals surface area contributed by atoms with Crippen LogP contribution < -0.4 is 5.43 Å². The van der Waals surface area contributed by atoms with Gasteiger partial charge in [-0.1, -0.05) is 18.2 Å². The third kappa shape index (κ3) is 3.09. The summed E-state index contributed by atoms with van der Waals surface area (Å²) in [4.78, 5) is 27.4. The summed E-state index contributed by atoms with van der Waals surface area (Å²) in [6.07, 6.45) is 1.74. The van der Waals surface area contributed by atoms with Crippen LogP contribution in [0.2, 0.25) is 0 Å². The predicted molar refractivity (Wildman–Crippen MR) is 92.7 cm³/mol. The minimum Gasteiger partial charge on any atom is -0.295 e. The Kier molecular flexibility index (Phi) is 4.25. The van der Waals surface area contributed by atoms with Crippen LogP contribution in [0.5, 0.6) is 0 Å². The summed E-state index contributed by atoms with van der Waals surface area (Å²) in [5.74, 6) is -0.436. The summed E-state index contributed by atoms with van der Waals surface area (Å²) in [6.45, 7) is 3.34. The second-order valence-corrected chi connectivity index (χ2v) is 5.39. The molecule has 0 saturated carbocycles. The van der Waals surface area contributed by atoms with Crippen LogP contribution in [-0.2, 0) is 0 Å². The van der Waals surface area contributed by atoms with Crippen molar-refractivity contribution in [2.75, 3.05) is 0 Å². The minimum absolute atomic E-state index is 0.0658. The zero-order valence-corrected chi connectivity index (χ0v) is 13.6. The van der Waals surface area contributed by atoms with Gasteiger partial charge in [-0.2, -0.15) is 5.10 Å². The van der Waals surface area contributed by atoms with Crippen molar-refractivity contribution in [1.29, 1.82) is 0 Å². The molecule has 0 aliphatic rings. The van der Waals surface area contributed by atoms with Crippen LogP contribution in [0.25, 0.3) is 5.65 Å². The van der Waals surface area contributed by atoms with Crippen LogP contribution >= 0.6 is 0 Å². The number of nitrogens with one attached hydrogen (secondary N) is 1. The molecule has 0 radical (unpaired) electrons. The largest absolute Gasteiger partial charge is 0.295 e. The van der Waals surface area contributed by atoms with Crippen LogP contribution in [0.3, 0.4) is 0 Å². The van der Waals surface area contributed by atoms with E-state index in [-0.39, 0.29) is 5.69 Å². The van der Waals surface area contributed by atoms with Crippen LogP contribution in [-0.4, -0.2) is 25.9 Å². The first-order chi connectivity index (χ1) is 12.0. The summed E-state index contributed by atoms with van der Waals surface area (Å²) < 4.78 is 1.67. The quantitative estimate of drug-likeness (QED) is 0.449. The van der Waals surface area contributed by atoms with Crippen molar-refractivity contribution in [2.45, 2.75) is 13.8 Å². The molecule has 2 aromatic heterocycles. The predicted octanol–water partition coefficient (Wildman–Crippen LogP) is 2.70. The molecule has 0 spiro atoms. The highest BCUT2D eigenvalue weighted by atomic mass is 16.6. The first-order valence-corrected chi connectivity index (χ1v) is 7.51. The Balaban J connectivity index is 1.90. The number of benzene rings is 1. The fourth-order valence-corrected chi connectivity index (χ4v) is 2.57. The number of rotatable bonds is 4. The zero-order valence-electron chi connectivity index (χ0n) is 13.6. The number of nitro benzene ring substituents is 1. The Hall–Kier alpha value is -3.55. The van der Waals surface area contributed by atoms with Gasteiger partial charge in [0.15, 0.2) is 0 Å². The molecular weight excluding hydrogens is 322 g/mol. The number of hydrogen-bond donors (Lipinski definition) is 1. The van der Waals surface area contributed by atoms with Gasteiger partial charge in [-0.3, -0.25) is 19.3 Å². The molecule has 25 heavy (non-hydrogen) atoms. The molecule has 8 heteroatoms. The zero-order chi connectivity index (χ0) is 18.0. The second-order valence-electron chi connectivity index (χ2n) is 5.39. The molecule has 0 aliphatic carbocycles. The van der Waals surface area contributed by atoms with Gasteiger partial charge in [0.25, 0.3) is 11.6 Å². The lowest BCUT2D eigenvalue weighted by Crippen LogP contribution is -2.22. The first-order valence-electron chi connectivity index (χ1n) is 7.51. The molecule has 3 aromatic rings. The SMILES string of the molecule is C/C(=N/NC(=O)c1c(C)nc2ccccn12)c1ccccc1[N+](=O)[O-]. The number of carbonyl (C=O) groups is 1. The van der Waals surface area contributed by atoms with Gasteiger partial charge in [-0.15, -0.1) is 0 Å². The maximum absolute atomic E-state index is 12.5. The molecule has 0 aliphatic heterocycles. The van der Waals surface area contributed by atoms with Gasteiger partial charge in [0.05, 0.1) is 21.9 Å². The number of amides is 1. The fourth-order valence-electron chi connectivity index (χ4n) is 2.57. The van der Waals surface area contributed by atoms with E-state index in [9.17, 15) is 14.9 Å². The smallest absolute Gasteiger partial charge is 0.290 e. The molecular formula is C17H15N5O3. The number of hydrazone groups is 1. The van der Waals surface area contributed by atoms with Crippen molar-refractivity contribution in [3.63, 3.8) is 0 Å². The Morgan fingerprint density at radius 1 is 1.24 bits per heavy atom. The van der Waals surface area contributed by atoms with Crippen molar-refractivity contribution in [3.05, 3.63) is 75.7 Å². The maximum Gasteiger partial charge on any atom is 0.290 e. The third-order valence-corrected chi connectivity index (χ3v) is 3.73. The lowest BCUT2D eigenvalue weighted by molar-refractivity contribution is -0.385. The van der Waals surface area contributed by atoms with E-state index in [2.05, 4.69) is 15.5 Å². The molecule has 0 bridgehead atoms. The van der Waals surface area contributed by atoms with E-state index in [4.69, 9.17) is 0 Å². The Morgan fingerprint density at radius 2 is 1.96 bits per heavy atom. The van der Waals surface area contributed by atoms with Gasteiger partial charge in [-0.25, -0.2) is 10.4 Å². The van der Waals surface area contributed by atoms with Crippen LogP contribution in [0.1, 0.15) is 28.7 Å². The molecule has 1 amide bonds. The van der Waals surface area contributed by atoms with Crippen LogP contribution in [0.4, 0.5) is 5.69 Å². The summed E-state index contributed by atoms with van der Waals surface area (Å²) in [5.41, 5.74) is 4.67. The third-order valence-electron chi connectivity index (χ3n) is 3.73. The van der Waals surface area contributed by atoms with Gasteiger partial charge in [0.1, 0.15) is 11.3 Å². The average molecular weight is 337 g/mol. The normalized spacial score (nSPS) is 11.5. The number of nitro groups is 1. The Morgan fingerprint density at radius 3 is 2.72 bits per heavy atom. The molecule has 0 unspecified atom stereocenters. The summed E-state index contributed by atoms with van der Waals surface area (Å²) >= 11 is 0. The highest BCUT2D eigenvalue weighted by molar-refractivity contribution is 6.03. The average Bonchev–Trinajstić information content (AvgIpc) is 2.95. The highest BCUT2D eigenvalue weighted by Gasteiger charge is 2.18. The molecule has 3 rings (SSSR count). The fraction of sp³-hybridized carbons (Fsp3) is 0.118. The number of aromatic nitrogens is 2. The van der Waals surface area contributed by atoms with Crippen molar-refractivity contribution in [1.82, 2.24) is 14.8 Å². The second kappa shape index (κ2) is 6.52. The number of pyridine rings is 1. The van der Waals surface area contributed by atoms with Crippen molar-refractivity contribution >= 4 is 23.0 Å². The monoisotopic (exact) mass is 337 g/mol. The molecule has 1 N–H and O–H groups in total. The summed E-state index contributed by atoms with van der Waals surface area (Å²) in [6, 6.07) is 11.7. The van der Waals surface area contributed by atoms with E-state index in [0.717, 1.165) is 0 Å². The van der Waals surface area contributed by atoms with Gasteiger partial charge < -0.3 is 0 Å². The summed E-state index contributed by atoms with van der Waals surface area (Å²) in [7, 11) is 0. The summed E-state index contributed by atoms with van der Waals surface area (Å²) in [5, 5.41) is 15.1. The molecule has 2 heterocycles. The van der Waals surface area contributed by atoms with Crippen LogP contribution in [0.15, 0.2) is 53.8 Å². The van der Waals surface area contributed by atoms with E-state index in [1.165, 1.54) is 6.07 Å². The van der Waals surface area contributed by atoms with E-state index in [1.807, 2.05) is 6.07 Å². The lowest BCUT2D eigenvalue weighted by Gasteiger charge is -2.04. The van der Waals surface area contributed by atoms with Crippen molar-refractivity contribution in [3.8, 4) is 0 Å². The van der Waals surface area contributed by atoms with Crippen molar-refractivity contribution in [2.24, 2.45) is 5.10 Å². The number of fused-ring (bicyclic) bond motifs is 1. The van der Waals surface area contributed by atoms with Crippen molar-refractivity contribution < 1.29 is 9.72 Å². The maximum atomic E-state index is 12.5. The first kappa shape index (κ1) is 16.3. The number of imidazole rings is 1. The highest BCUT2D eigenvalue weighted by Crippen LogP contribution is 2.18. The van der Waals surface area contributed by atoms with E-state index in [0.29, 0.717) is 28.3 Å². The molecule has 126 valence electrons. The Labute approximate surface area is 143 Å². The Bertz CT molecular complexity index is 1010. The molecule has 1 aromatic carbocycles. The number of aryl methyl sites for hydroxylation is 1. The number of carbonyl (C=O) groups excluding carboxylic acids is 1. The number of hydrogen-bond acceptors (Lipinski definition) is 5. The van der Waals surface area contributed by atoms with Crippen LogP contribution in [0, 0.1) is 17.0 Å². The van der Waals surface area contributed by atoms with E-state index < -0.39 is 10.8 Å². The van der Waals surface area contributed by atoms with Gasteiger partial charge in [-0.05, 0) is 32.0 Å². The van der Waals surface area contributed by atoms with Gasteiger partial charge in [0.2, 0.25) is 0 Å². The number of nitrogens with zero attached hydrogens (tertiary/aromatic N) is 4. The van der Waals surface area contributed by atoms with Gasteiger partial charge >= 0.3 is 0 Å². The standard InChI is InChI=1S/C17H15N5O3/c1-11(13-7-3-4-8-14(13)22(24)25)19-20-17(23)16-12(2)18-15-9-5-6-10-21(15)16/h3-10H,1-2H3,(H,20,23)/b19-11-. The molecule has 0 saturated heterocycles.